The van der Waals surface area contributed by atoms with Crippen LogP contribution in [0, 0.1) is 5.92 Å². The summed E-state index contributed by atoms with van der Waals surface area (Å²) in [7, 11) is -3.28. The lowest BCUT2D eigenvalue weighted by molar-refractivity contribution is 0.404. The number of halogens is 1. The summed E-state index contributed by atoms with van der Waals surface area (Å²) in [5, 5.41) is 3.23. The molecular weight excluding hydrogens is 316 g/mol. The number of sulfonamides is 1. The second-order valence-electron chi connectivity index (χ2n) is 4.58. The lowest BCUT2D eigenvalue weighted by Crippen LogP contribution is -2.35. The molecule has 0 aliphatic carbocycles. The molecule has 18 heavy (non-hydrogen) atoms. The average Bonchev–Trinajstić information content (AvgIpc) is 2.32. The van der Waals surface area contributed by atoms with Gasteiger partial charge < -0.3 is 5.32 Å². The third kappa shape index (κ3) is 3.96. The zero-order valence-corrected chi connectivity index (χ0v) is 12.4. The first-order valence-corrected chi connectivity index (χ1v) is 8.47. The van der Waals surface area contributed by atoms with Crippen molar-refractivity contribution in [1.82, 2.24) is 5.32 Å². The Morgan fingerprint density at radius 3 is 2.83 bits per heavy atom. The number of benzene rings is 1. The van der Waals surface area contributed by atoms with Gasteiger partial charge in [0.2, 0.25) is 10.0 Å². The van der Waals surface area contributed by atoms with Crippen LogP contribution >= 0.6 is 15.9 Å². The zero-order valence-electron chi connectivity index (χ0n) is 10.0. The van der Waals surface area contributed by atoms with E-state index in [1.807, 2.05) is 18.2 Å². The minimum absolute atomic E-state index is 0.182. The van der Waals surface area contributed by atoms with Crippen molar-refractivity contribution in [3.63, 3.8) is 0 Å². The van der Waals surface area contributed by atoms with Gasteiger partial charge in [0.15, 0.2) is 0 Å². The highest BCUT2D eigenvalue weighted by Gasteiger charge is 2.21. The molecule has 0 radical (unpaired) electrons. The van der Waals surface area contributed by atoms with Gasteiger partial charge in [0, 0.05) is 4.47 Å². The second-order valence-corrected chi connectivity index (χ2v) is 7.20. The molecule has 1 saturated heterocycles. The standard InChI is InChI=1S/C12H17BrN2O2S/c13-11-5-1-2-6-12(11)15-18(16,17)9-10-4-3-7-14-8-10/h1-2,5-6,10,14-15H,3-4,7-9H2. The minimum atomic E-state index is -3.28. The third-order valence-corrected chi connectivity index (χ3v) is 5.13. The first-order chi connectivity index (χ1) is 8.57. The predicted octanol–water partition coefficient (Wildman–Crippen LogP) is 2.19. The number of rotatable bonds is 4. The smallest absolute Gasteiger partial charge is 0.233 e. The molecular formula is C12H17BrN2O2S. The third-order valence-electron chi connectivity index (χ3n) is 2.99. The number of anilines is 1. The normalized spacial score (nSPS) is 20.6. The molecule has 0 saturated carbocycles. The summed E-state index contributed by atoms with van der Waals surface area (Å²) in [6.07, 6.45) is 2.03. The van der Waals surface area contributed by atoms with E-state index in [0.717, 1.165) is 30.4 Å². The van der Waals surface area contributed by atoms with Gasteiger partial charge in [-0.15, -0.1) is 0 Å². The molecule has 1 fully saturated rings. The Labute approximate surface area is 116 Å². The highest BCUT2D eigenvalue weighted by Crippen LogP contribution is 2.23. The second kappa shape index (κ2) is 6.04. The van der Waals surface area contributed by atoms with E-state index in [1.165, 1.54) is 0 Å². The number of nitrogens with one attached hydrogen (secondary N) is 2. The Morgan fingerprint density at radius 1 is 1.39 bits per heavy atom. The van der Waals surface area contributed by atoms with Crippen LogP contribution < -0.4 is 10.0 Å². The summed E-state index contributed by atoms with van der Waals surface area (Å²) in [4.78, 5) is 0. The summed E-state index contributed by atoms with van der Waals surface area (Å²) < 4.78 is 27.5. The summed E-state index contributed by atoms with van der Waals surface area (Å²) >= 11 is 3.33. The monoisotopic (exact) mass is 332 g/mol. The summed E-state index contributed by atoms with van der Waals surface area (Å²) in [5.74, 6) is 0.389. The van der Waals surface area contributed by atoms with Crippen LogP contribution in [0.3, 0.4) is 0 Å². The molecule has 1 aliphatic rings. The average molecular weight is 333 g/mol. The molecule has 4 nitrogen and oxygen atoms in total. The lowest BCUT2D eigenvalue weighted by Gasteiger charge is -2.22. The van der Waals surface area contributed by atoms with E-state index < -0.39 is 10.0 Å². The van der Waals surface area contributed by atoms with Crippen molar-refractivity contribution in [2.45, 2.75) is 12.8 Å². The van der Waals surface area contributed by atoms with Crippen molar-refractivity contribution in [3.8, 4) is 0 Å². The van der Waals surface area contributed by atoms with E-state index in [-0.39, 0.29) is 11.7 Å². The Balaban J connectivity index is 2.01. The SMILES string of the molecule is O=S(=O)(CC1CCCNC1)Nc1ccccc1Br. The largest absolute Gasteiger partial charge is 0.316 e. The van der Waals surface area contributed by atoms with Crippen LogP contribution in [0.1, 0.15) is 12.8 Å². The van der Waals surface area contributed by atoms with Gasteiger partial charge in [0.1, 0.15) is 0 Å². The molecule has 1 atom stereocenters. The molecule has 2 rings (SSSR count). The lowest BCUT2D eigenvalue weighted by atomic mass is 10.0. The Hall–Kier alpha value is -0.590. The fraction of sp³-hybridized carbons (Fsp3) is 0.500. The predicted molar refractivity (Wildman–Crippen MR) is 77.1 cm³/mol. The molecule has 1 aliphatic heterocycles. The van der Waals surface area contributed by atoms with E-state index >= 15 is 0 Å². The zero-order chi connectivity index (χ0) is 13.0. The maximum absolute atomic E-state index is 12.1. The van der Waals surface area contributed by atoms with Crippen molar-refractivity contribution in [3.05, 3.63) is 28.7 Å². The van der Waals surface area contributed by atoms with Crippen LogP contribution in [-0.2, 0) is 10.0 Å². The van der Waals surface area contributed by atoms with Gasteiger partial charge in [-0.05, 0) is 59.9 Å². The van der Waals surface area contributed by atoms with Gasteiger partial charge >= 0.3 is 0 Å². The Kier molecular flexibility index (Phi) is 4.64. The van der Waals surface area contributed by atoms with Crippen molar-refractivity contribution in [1.29, 1.82) is 0 Å². The maximum Gasteiger partial charge on any atom is 0.233 e. The van der Waals surface area contributed by atoms with Gasteiger partial charge in [-0.1, -0.05) is 12.1 Å². The van der Waals surface area contributed by atoms with Crippen LogP contribution in [-0.4, -0.2) is 27.3 Å². The molecule has 2 N–H and O–H groups in total. The topological polar surface area (TPSA) is 58.2 Å². The van der Waals surface area contributed by atoms with Crippen molar-refractivity contribution < 1.29 is 8.42 Å². The molecule has 1 aromatic carbocycles. The number of hydrogen-bond acceptors (Lipinski definition) is 3. The molecule has 0 aromatic heterocycles. The van der Waals surface area contributed by atoms with E-state index in [2.05, 4.69) is 26.0 Å². The molecule has 0 amide bonds. The van der Waals surface area contributed by atoms with E-state index in [9.17, 15) is 8.42 Å². The molecule has 100 valence electrons. The van der Waals surface area contributed by atoms with Crippen molar-refractivity contribution in [2.75, 3.05) is 23.6 Å². The summed E-state index contributed by atoms with van der Waals surface area (Å²) in [6.45, 7) is 1.78. The van der Waals surface area contributed by atoms with Gasteiger partial charge in [-0.3, -0.25) is 4.72 Å². The van der Waals surface area contributed by atoms with Crippen LogP contribution in [0.5, 0.6) is 0 Å². The molecule has 6 heteroatoms. The maximum atomic E-state index is 12.1. The fourth-order valence-corrected chi connectivity index (χ4v) is 4.15. The van der Waals surface area contributed by atoms with Crippen LogP contribution in [0.2, 0.25) is 0 Å². The van der Waals surface area contributed by atoms with Crippen molar-refractivity contribution in [2.24, 2.45) is 5.92 Å². The van der Waals surface area contributed by atoms with Gasteiger partial charge in [0.05, 0.1) is 11.4 Å². The first-order valence-electron chi connectivity index (χ1n) is 6.02. The first kappa shape index (κ1) is 13.8. The van der Waals surface area contributed by atoms with Crippen LogP contribution in [0.15, 0.2) is 28.7 Å². The van der Waals surface area contributed by atoms with E-state index in [4.69, 9.17) is 0 Å². The Morgan fingerprint density at radius 2 is 2.17 bits per heavy atom. The van der Waals surface area contributed by atoms with Gasteiger partial charge in [-0.2, -0.15) is 0 Å². The van der Waals surface area contributed by atoms with Crippen LogP contribution in [0.25, 0.3) is 0 Å². The van der Waals surface area contributed by atoms with Gasteiger partial charge in [0.25, 0.3) is 0 Å². The molecule has 1 heterocycles. The highest BCUT2D eigenvalue weighted by molar-refractivity contribution is 9.10. The molecule has 1 unspecified atom stereocenters. The number of hydrogen-bond donors (Lipinski definition) is 2. The fourth-order valence-electron chi connectivity index (χ4n) is 2.13. The van der Waals surface area contributed by atoms with Crippen molar-refractivity contribution >= 4 is 31.6 Å². The minimum Gasteiger partial charge on any atom is -0.316 e. The molecule has 0 bridgehead atoms. The summed E-state index contributed by atoms with van der Waals surface area (Å²) in [5.41, 5.74) is 0.598. The number of piperidine rings is 1. The molecule has 0 spiro atoms. The number of para-hydroxylation sites is 1. The highest BCUT2D eigenvalue weighted by atomic mass is 79.9. The van der Waals surface area contributed by atoms with E-state index in [0.29, 0.717) is 5.69 Å². The summed E-state index contributed by atoms with van der Waals surface area (Å²) in [6, 6.07) is 7.23. The Bertz CT molecular complexity index is 499. The molecule has 1 aromatic rings. The van der Waals surface area contributed by atoms with Crippen LogP contribution in [0.4, 0.5) is 5.69 Å². The quantitative estimate of drug-likeness (QED) is 0.888. The van der Waals surface area contributed by atoms with Gasteiger partial charge in [-0.25, -0.2) is 8.42 Å². The van der Waals surface area contributed by atoms with E-state index in [1.54, 1.807) is 6.07 Å².